The highest BCUT2D eigenvalue weighted by atomic mass is 35.5. The first-order chi connectivity index (χ1) is 12.7. The molecule has 4 rings (SSSR count). The van der Waals surface area contributed by atoms with Gasteiger partial charge in [0.05, 0.1) is 15.2 Å². The Bertz CT molecular complexity index is 907. The first-order valence-electron chi connectivity index (χ1n) is 8.77. The summed E-state index contributed by atoms with van der Waals surface area (Å²) in [7, 11) is 0. The van der Waals surface area contributed by atoms with Crippen molar-refractivity contribution in [1.82, 2.24) is 9.88 Å². The summed E-state index contributed by atoms with van der Waals surface area (Å²) in [5, 5.41) is 1.90. The van der Waals surface area contributed by atoms with E-state index in [4.69, 9.17) is 16.6 Å². The highest BCUT2D eigenvalue weighted by Gasteiger charge is 2.24. The van der Waals surface area contributed by atoms with Gasteiger partial charge in [0.25, 0.3) is 0 Å². The zero-order valence-electron chi connectivity index (χ0n) is 14.3. The molecule has 0 aliphatic carbocycles. The van der Waals surface area contributed by atoms with Gasteiger partial charge in [-0.3, -0.25) is 4.79 Å². The smallest absolute Gasteiger partial charge is 0.246 e. The van der Waals surface area contributed by atoms with Gasteiger partial charge < -0.3 is 4.90 Å². The number of hydrogen-bond donors (Lipinski definition) is 0. The fraction of sp³-hybridized carbons (Fsp3) is 0.238. The molecule has 0 N–H and O–H groups in total. The zero-order chi connectivity index (χ0) is 17.9. The van der Waals surface area contributed by atoms with Crippen LogP contribution in [0.25, 0.3) is 16.3 Å². The maximum Gasteiger partial charge on any atom is 0.246 e. The van der Waals surface area contributed by atoms with E-state index in [0.717, 1.165) is 37.0 Å². The molecule has 0 radical (unpaired) electrons. The molecule has 0 spiro atoms. The van der Waals surface area contributed by atoms with Gasteiger partial charge in [-0.1, -0.05) is 35.9 Å². The lowest BCUT2D eigenvalue weighted by atomic mass is 9.97. The quantitative estimate of drug-likeness (QED) is 0.570. The molecular formula is C21H19ClN2OS. The van der Waals surface area contributed by atoms with Crippen LogP contribution in [0.2, 0.25) is 5.02 Å². The van der Waals surface area contributed by atoms with Gasteiger partial charge in [0.1, 0.15) is 0 Å². The Morgan fingerprint density at radius 1 is 1.12 bits per heavy atom. The number of halogens is 1. The van der Waals surface area contributed by atoms with Gasteiger partial charge in [-0.25, -0.2) is 4.98 Å². The molecule has 1 fully saturated rings. The van der Waals surface area contributed by atoms with Crippen LogP contribution >= 0.6 is 22.9 Å². The maximum atomic E-state index is 12.4. The van der Waals surface area contributed by atoms with Crippen LogP contribution in [-0.2, 0) is 4.79 Å². The average Bonchev–Trinajstić information content (AvgIpc) is 3.12. The zero-order valence-corrected chi connectivity index (χ0v) is 15.8. The minimum atomic E-state index is 0.0719. The lowest BCUT2D eigenvalue weighted by molar-refractivity contribution is -0.126. The van der Waals surface area contributed by atoms with E-state index in [2.05, 4.69) is 18.2 Å². The summed E-state index contributed by atoms with van der Waals surface area (Å²) in [4.78, 5) is 19.1. The molecular weight excluding hydrogens is 364 g/mol. The van der Waals surface area contributed by atoms with Gasteiger partial charge in [-0.2, -0.15) is 0 Å². The molecule has 0 atom stereocenters. The standard InChI is InChI=1S/C21H19ClN2OS/c22-17-8-5-15(6-9-17)7-10-20(25)24-13-11-16(12-14-24)21-23-18-3-1-2-4-19(18)26-21/h1-10,16H,11-14H2/b10-7+. The number of para-hydroxylation sites is 1. The van der Waals surface area contributed by atoms with E-state index in [1.807, 2.05) is 41.3 Å². The van der Waals surface area contributed by atoms with E-state index in [-0.39, 0.29) is 5.91 Å². The van der Waals surface area contributed by atoms with Gasteiger partial charge >= 0.3 is 0 Å². The van der Waals surface area contributed by atoms with Crippen LogP contribution in [0.1, 0.15) is 29.3 Å². The molecule has 0 bridgehead atoms. The van der Waals surface area contributed by atoms with E-state index < -0.39 is 0 Å². The number of carbonyl (C=O) groups excluding carboxylic acids is 1. The predicted octanol–water partition coefficient (Wildman–Crippen LogP) is 5.37. The van der Waals surface area contributed by atoms with Crippen molar-refractivity contribution in [3.05, 3.63) is 70.2 Å². The van der Waals surface area contributed by atoms with Gasteiger partial charge in [-0.15, -0.1) is 11.3 Å². The second kappa shape index (κ2) is 7.60. The molecule has 26 heavy (non-hydrogen) atoms. The van der Waals surface area contributed by atoms with E-state index >= 15 is 0 Å². The Balaban J connectivity index is 1.36. The number of amides is 1. The number of rotatable bonds is 3. The van der Waals surface area contributed by atoms with Crippen LogP contribution in [0.5, 0.6) is 0 Å². The minimum absolute atomic E-state index is 0.0719. The van der Waals surface area contributed by atoms with Gasteiger partial charge in [0.15, 0.2) is 0 Å². The molecule has 1 saturated heterocycles. The minimum Gasteiger partial charge on any atom is -0.339 e. The van der Waals surface area contributed by atoms with Crippen molar-refractivity contribution in [1.29, 1.82) is 0 Å². The third-order valence-electron chi connectivity index (χ3n) is 4.75. The molecule has 1 aliphatic rings. The van der Waals surface area contributed by atoms with E-state index in [9.17, 15) is 4.79 Å². The monoisotopic (exact) mass is 382 g/mol. The van der Waals surface area contributed by atoms with Crippen LogP contribution in [0.15, 0.2) is 54.6 Å². The van der Waals surface area contributed by atoms with Gasteiger partial charge in [-0.05, 0) is 48.7 Å². The topological polar surface area (TPSA) is 33.2 Å². The molecule has 2 heterocycles. The fourth-order valence-electron chi connectivity index (χ4n) is 3.26. The van der Waals surface area contributed by atoms with E-state index in [1.165, 1.54) is 9.71 Å². The van der Waals surface area contributed by atoms with Crippen molar-refractivity contribution in [3.63, 3.8) is 0 Å². The molecule has 3 aromatic rings. The third kappa shape index (κ3) is 3.81. The fourth-order valence-corrected chi connectivity index (χ4v) is 4.52. The summed E-state index contributed by atoms with van der Waals surface area (Å²) in [6, 6.07) is 15.7. The Hall–Kier alpha value is -2.17. The Morgan fingerprint density at radius 3 is 2.58 bits per heavy atom. The van der Waals surface area contributed by atoms with Crippen molar-refractivity contribution in [2.75, 3.05) is 13.1 Å². The molecule has 1 aliphatic heterocycles. The van der Waals surface area contributed by atoms with Gasteiger partial charge in [0.2, 0.25) is 5.91 Å². The van der Waals surface area contributed by atoms with Crippen molar-refractivity contribution in [3.8, 4) is 0 Å². The van der Waals surface area contributed by atoms with Crippen LogP contribution < -0.4 is 0 Å². The number of nitrogens with zero attached hydrogens (tertiary/aromatic N) is 2. The Labute approximate surface area is 161 Å². The maximum absolute atomic E-state index is 12.4. The predicted molar refractivity (Wildman–Crippen MR) is 109 cm³/mol. The van der Waals surface area contributed by atoms with Crippen molar-refractivity contribution >= 4 is 45.1 Å². The summed E-state index contributed by atoms with van der Waals surface area (Å²) < 4.78 is 1.24. The number of thiazole rings is 1. The molecule has 1 amide bonds. The van der Waals surface area contributed by atoms with Crippen LogP contribution in [0.4, 0.5) is 0 Å². The number of piperidine rings is 1. The van der Waals surface area contributed by atoms with E-state index in [1.54, 1.807) is 17.4 Å². The summed E-state index contributed by atoms with van der Waals surface area (Å²) in [6.45, 7) is 1.56. The van der Waals surface area contributed by atoms with Crippen molar-refractivity contribution in [2.45, 2.75) is 18.8 Å². The van der Waals surface area contributed by atoms with Gasteiger partial charge in [0, 0.05) is 30.1 Å². The average molecular weight is 383 g/mol. The largest absolute Gasteiger partial charge is 0.339 e. The summed E-state index contributed by atoms with van der Waals surface area (Å²) in [5.74, 6) is 0.527. The lowest BCUT2D eigenvalue weighted by Gasteiger charge is -2.30. The molecule has 0 unspecified atom stereocenters. The van der Waals surface area contributed by atoms with Crippen molar-refractivity contribution < 1.29 is 4.79 Å². The first-order valence-corrected chi connectivity index (χ1v) is 9.96. The van der Waals surface area contributed by atoms with Crippen LogP contribution in [-0.4, -0.2) is 28.9 Å². The van der Waals surface area contributed by atoms with Crippen LogP contribution in [0, 0.1) is 0 Å². The Morgan fingerprint density at radius 2 is 1.85 bits per heavy atom. The van der Waals surface area contributed by atoms with E-state index in [0.29, 0.717) is 10.9 Å². The summed E-state index contributed by atoms with van der Waals surface area (Å²) >= 11 is 7.67. The summed E-state index contributed by atoms with van der Waals surface area (Å²) in [6.07, 6.45) is 5.44. The number of aromatic nitrogens is 1. The molecule has 2 aromatic carbocycles. The lowest BCUT2D eigenvalue weighted by Crippen LogP contribution is -2.36. The molecule has 0 saturated carbocycles. The first kappa shape index (κ1) is 17.3. The third-order valence-corrected chi connectivity index (χ3v) is 6.21. The normalized spacial score (nSPS) is 15.8. The number of fused-ring (bicyclic) bond motifs is 1. The number of likely N-dealkylation sites (tertiary alicyclic amines) is 1. The number of benzene rings is 2. The second-order valence-corrected chi connectivity index (χ2v) is 8.00. The molecule has 1 aromatic heterocycles. The number of hydrogen-bond acceptors (Lipinski definition) is 3. The molecule has 5 heteroatoms. The van der Waals surface area contributed by atoms with Crippen molar-refractivity contribution in [2.24, 2.45) is 0 Å². The highest BCUT2D eigenvalue weighted by Crippen LogP contribution is 2.33. The SMILES string of the molecule is O=C(/C=C/c1ccc(Cl)cc1)N1CCC(c2nc3ccccc3s2)CC1. The Kier molecular flexibility index (Phi) is 5.05. The second-order valence-electron chi connectivity index (χ2n) is 6.50. The summed E-state index contributed by atoms with van der Waals surface area (Å²) in [5.41, 5.74) is 2.06. The van der Waals surface area contributed by atoms with Crippen LogP contribution in [0.3, 0.4) is 0 Å². The number of carbonyl (C=O) groups is 1. The molecule has 3 nitrogen and oxygen atoms in total. The highest BCUT2D eigenvalue weighted by molar-refractivity contribution is 7.18. The molecule has 132 valence electrons.